The number of hydrogen-bond acceptors (Lipinski definition) is 3. The molecule has 0 aliphatic heterocycles. The molecule has 0 aromatic heterocycles. The van der Waals surface area contributed by atoms with Gasteiger partial charge in [0.1, 0.15) is 0 Å². The topological polar surface area (TPSA) is 63.6 Å². The van der Waals surface area contributed by atoms with Gasteiger partial charge in [-0.15, -0.1) is 0 Å². The Morgan fingerprint density at radius 3 is 1.40 bits per heavy atom. The molecule has 0 amide bonds. The van der Waals surface area contributed by atoms with E-state index in [2.05, 4.69) is 41.5 Å². The molecule has 0 saturated carbocycles. The third-order valence-electron chi connectivity index (χ3n) is 9.80. The van der Waals surface area contributed by atoms with Crippen molar-refractivity contribution < 1.29 is 19.4 Å². The Morgan fingerprint density at radius 1 is 0.643 bits per heavy atom. The minimum Gasteiger partial charge on any atom is -0.481 e. The fraction of sp³-hybridized carbons (Fsp3) is 0.842. The predicted octanol–water partition coefficient (Wildman–Crippen LogP) is 11.9. The molecule has 4 nitrogen and oxygen atoms in total. The SMILES string of the molecule is CC1=C(CCCCCCCCC(=O)O)C(C)(C)CCC1.CCOC(=O)CCCCCCCCC1=C(C)CCCC1(C)C. The first-order chi connectivity index (χ1) is 19.9. The highest BCUT2D eigenvalue weighted by Gasteiger charge is 2.28. The highest BCUT2D eigenvalue weighted by atomic mass is 16.5. The van der Waals surface area contributed by atoms with Crippen LogP contribution in [-0.4, -0.2) is 23.7 Å². The molecule has 42 heavy (non-hydrogen) atoms. The van der Waals surface area contributed by atoms with Crippen LogP contribution in [0.3, 0.4) is 0 Å². The number of carbonyl (C=O) groups is 2. The number of carboxylic acid groups (broad SMARTS) is 1. The summed E-state index contributed by atoms with van der Waals surface area (Å²) in [6.07, 6.45) is 25.8. The van der Waals surface area contributed by atoms with Gasteiger partial charge in [-0.2, -0.15) is 0 Å². The van der Waals surface area contributed by atoms with Crippen LogP contribution >= 0.6 is 0 Å². The lowest BCUT2D eigenvalue weighted by molar-refractivity contribution is -0.143. The lowest BCUT2D eigenvalue weighted by Crippen LogP contribution is -2.20. The Bertz CT molecular complexity index is 845. The van der Waals surface area contributed by atoms with Crippen LogP contribution < -0.4 is 0 Å². The molecule has 0 aromatic rings. The van der Waals surface area contributed by atoms with E-state index in [0.29, 0.717) is 30.3 Å². The smallest absolute Gasteiger partial charge is 0.305 e. The summed E-state index contributed by atoms with van der Waals surface area (Å²) in [5.74, 6) is -0.698. The summed E-state index contributed by atoms with van der Waals surface area (Å²) in [5, 5.41) is 8.57. The fourth-order valence-corrected chi connectivity index (χ4v) is 7.25. The zero-order chi connectivity index (χ0) is 31.4. The predicted molar refractivity (Wildman–Crippen MR) is 179 cm³/mol. The fourth-order valence-electron chi connectivity index (χ4n) is 7.25. The van der Waals surface area contributed by atoms with E-state index in [0.717, 1.165) is 25.7 Å². The second kappa shape index (κ2) is 21.2. The van der Waals surface area contributed by atoms with Crippen LogP contribution in [0.5, 0.6) is 0 Å². The van der Waals surface area contributed by atoms with Gasteiger partial charge in [0.25, 0.3) is 0 Å². The van der Waals surface area contributed by atoms with Crippen LogP contribution in [0.1, 0.15) is 190 Å². The van der Waals surface area contributed by atoms with Crippen LogP contribution in [-0.2, 0) is 14.3 Å². The van der Waals surface area contributed by atoms with Gasteiger partial charge in [-0.05, 0) is 109 Å². The van der Waals surface area contributed by atoms with Gasteiger partial charge < -0.3 is 9.84 Å². The van der Waals surface area contributed by atoms with E-state index in [-0.39, 0.29) is 5.97 Å². The summed E-state index contributed by atoms with van der Waals surface area (Å²) in [6.45, 7) is 16.7. The highest BCUT2D eigenvalue weighted by Crippen LogP contribution is 2.43. The quantitative estimate of drug-likeness (QED) is 0.0926. The van der Waals surface area contributed by atoms with Gasteiger partial charge in [0.05, 0.1) is 6.61 Å². The minimum atomic E-state index is -0.660. The maximum absolute atomic E-state index is 11.2. The first kappa shape index (κ1) is 38.4. The van der Waals surface area contributed by atoms with Crippen molar-refractivity contribution in [2.24, 2.45) is 10.8 Å². The van der Waals surface area contributed by atoms with Crippen molar-refractivity contribution in [1.82, 2.24) is 0 Å². The van der Waals surface area contributed by atoms with Crippen molar-refractivity contribution in [3.05, 3.63) is 22.3 Å². The molecule has 2 aliphatic carbocycles. The van der Waals surface area contributed by atoms with Gasteiger partial charge in [-0.25, -0.2) is 0 Å². The molecule has 2 aliphatic rings. The maximum Gasteiger partial charge on any atom is 0.305 e. The van der Waals surface area contributed by atoms with Crippen LogP contribution in [0.25, 0.3) is 0 Å². The number of aliphatic carboxylic acids is 1. The molecule has 0 spiro atoms. The van der Waals surface area contributed by atoms with E-state index in [1.54, 1.807) is 22.3 Å². The van der Waals surface area contributed by atoms with Crippen LogP contribution in [0, 0.1) is 10.8 Å². The first-order valence-electron chi connectivity index (χ1n) is 17.7. The van der Waals surface area contributed by atoms with Crippen LogP contribution in [0.15, 0.2) is 22.3 Å². The lowest BCUT2D eigenvalue weighted by atomic mass is 9.71. The third-order valence-corrected chi connectivity index (χ3v) is 9.80. The molecule has 0 radical (unpaired) electrons. The standard InChI is InChI=1S/C20H36O2.C18H32O2/c1-5-22-19(21)15-11-9-7-6-8-10-14-18-17(2)13-12-16-20(18,3)4;1-15-11-10-14-18(2,3)16(15)12-8-6-4-5-7-9-13-17(19)20/h5-16H2,1-4H3;4-14H2,1-3H3,(H,19,20). The van der Waals surface area contributed by atoms with E-state index in [1.165, 1.54) is 103 Å². The molecule has 0 atom stereocenters. The number of esters is 1. The second-order valence-electron chi connectivity index (χ2n) is 14.4. The lowest BCUT2D eigenvalue weighted by Gasteiger charge is -2.34. The van der Waals surface area contributed by atoms with Crippen molar-refractivity contribution in [2.45, 2.75) is 190 Å². The van der Waals surface area contributed by atoms with Gasteiger partial charge in [-0.3, -0.25) is 9.59 Å². The summed E-state index contributed by atoms with van der Waals surface area (Å²) < 4.78 is 4.94. The first-order valence-corrected chi connectivity index (χ1v) is 17.7. The number of carbonyl (C=O) groups excluding carboxylic acids is 1. The van der Waals surface area contributed by atoms with E-state index < -0.39 is 5.97 Å². The number of ether oxygens (including phenoxy) is 1. The third kappa shape index (κ3) is 16.3. The highest BCUT2D eigenvalue weighted by molar-refractivity contribution is 5.69. The van der Waals surface area contributed by atoms with Crippen molar-refractivity contribution in [1.29, 1.82) is 0 Å². The summed E-state index contributed by atoms with van der Waals surface area (Å²) in [7, 11) is 0. The van der Waals surface area contributed by atoms with E-state index >= 15 is 0 Å². The molecular formula is C38H68O4. The molecule has 0 heterocycles. The second-order valence-corrected chi connectivity index (χ2v) is 14.4. The van der Waals surface area contributed by atoms with Gasteiger partial charge in [-0.1, -0.05) is 101 Å². The van der Waals surface area contributed by atoms with E-state index in [4.69, 9.17) is 9.84 Å². The monoisotopic (exact) mass is 589 g/mol. The molecule has 0 unspecified atom stereocenters. The Hall–Kier alpha value is -1.58. The zero-order valence-corrected chi connectivity index (χ0v) is 28.9. The summed E-state index contributed by atoms with van der Waals surface area (Å²) in [5.41, 5.74) is 7.61. The molecule has 4 heteroatoms. The molecule has 2 rings (SSSR count). The Labute approximate surface area is 260 Å². The normalized spacial score (nSPS) is 18.0. The summed E-state index contributed by atoms with van der Waals surface area (Å²) in [6, 6.07) is 0. The van der Waals surface area contributed by atoms with Crippen molar-refractivity contribution in [3.8, 4) is 0 Å². The number of allylic oxidation sites excluding steroid dienone is 4. The Balaban J connectivity index is 0.000000422. The van der Waals surface area contributed by atoms with Gasteiger partial charge in [0.2, 0.25) is 0 Å². The number of rotatable bonds is 19. The van der Waals surface area contributed by atoms with Crippen molar-refractivity contribution in [2.75, 3.05) is 6.61 Å². The Morgan fingerprint density at radius 2 is 1.02 bits per heavy atom. The summed E-state index contributed by atoms with van der Waals surface area (Å²) in [4.78, 5) is 21.6. The average molecular weight is 589 g/mol. The van der Waals surface area contributed by atoms with Gasteiger partial charge in [0, 0.05) is 12.8 Å². The van der Waals surface area contributed by atoms with E-state index in [9.17, 15) is 9.59 Å². The van der Waals surface area contributed by atoms with Gasteiger partial charge >= 0.3 is 11.9 Å². The van der Waals surface area contributed by atoms with Crippen LogP contribution in [0.4, 0.5) is 0 Å². The zero-order valence-electron chi connectivity index (χ0n) is 28.9. The van der Waals surface area contributed by atoms with Crippen molar-refractivity contribution >= 4 is 11.9 Å². The number of hydrogen-bond donors (Lipinski definition) is 1. The van der Waals surface area contributed by atoms with Crippen LogP contribution in [0.2, 0.25) is 0 Å². The maximum atomic E-state index is 11.2. The van der Waals surface area contributed by atoms with Gasteiger partial charge in [0.15, 0.2) is 0 Å². The molecule has 0 bridgehead atoms. The largest absolute Gasteiger partial charge is 0.481 e. The molecule has 244 valence electrons. The van der Waals surface area contributed by atoms with E-state index in [1.807, 2.05) is 6.92 Å². The minimum absolute atomic E-state index is 0.0376. The molecule has 1 N–H and O–H groups in total. The molecular weight excluding hydrogens is 520 g/mol. The number of carboxylic acids is 1. The molecule has 0 fully saturated rings. The molecule has 0 saturated heterocycles. The number of unbranched alkanes of at least 4 members (excludes halogenated alkanes) is 10. The molecule has 0 aromatic carbocycles. The Kier molecular flexibility index (Phi) is 19.4. The van der Waals surface area contributed by atoms with Crippen molar-refractivity contribution in [3.63, 3.8) is 0 Å². The average Bonchev–Trinajstić information content (AvgIpc) is 2.90. The summed E-state index contributed by atoms with van der Waals surface area (Å²) >= 11 is 0.